The Hall–Kier alpha value is -2.68. The van der Waals surface area contributed by atoms with Gasteiger partial charge >= 0.3 is 0 Å². The molecule has 0 aliphatic rings. The second-order valence-electron chi connectivity index (χ2n) is 5.36. The fraction of sp³-hybridized carbons (Fsp3) is 0.0526. The number of carbonyl (C=O) groups excluding carboxylic acids is 1. The second kappa shape index (κ2) is 8.61. The molecule has 0 saturated carbocycles. The van der Waals surface area contributed by atoms with Crippen LogP contribution in [0.4, 0.5) is 10.1 Å². The average molecular weight is 463 g/mol. The Morgan fingerprint density at radius 1 is 1.08 bits per heavy atom. The van der Waals surface area contributed by atoms with Crippen LogP contribution in [-0.2, 0) is 4.79 Å². The minimum Gasteiger partial charge on any atom is -0.455 e. The number of carbonyl (C=O) groups is 1. The minimum absolute atomic E-state index is 0.108. The summed E-state index contributed by atoms with van der Waals surface area (Å²) in [6, 6.07) is 17.2. The zero-order valence-electron chi connectivity index (χ0n) is 13.6. The molecular weight excluding hydrogens is 448 g/mol. The number of benzene rings is 2. The SMILES string of the molecule is O=C(CNc1ccc(I)cc1)N/N=C\c1ccc(-c2ccc(F)cc2)o1. The molecular formula is C19H15FIN3O2. The van der Waals surface area contributed by atoms with Crippen LogP contribution in [0, 0.1) is 9.39 Å². The number of hydrogen-bond acceptors (Lipinski definition) is 4. The van der Waals surface area contributed by atoms with Crippen molar-refractivity contribution in [1.29, 1.82) is 0 Å². The van der Waals surface area contributed by atoms with Gasteiger partial charge in [0.05, 0.1) is 12.8 Å². The van der Waals surface area contributed by atoms with Crippen molar-refractivity contribution in [2.45, 2.75) is 0 Å². The quantitative estimate of drug-likeness (QED) is 0.327. The molecule has 0 atom stereocenters. The van der Waals surface area contributed by atoms with Gasteiger partial charge in [-0.25, -0.2) is 9.82 Å². The summed E-state index contributed by atoms with van der Waals surface area (Å²) in [4.78, 5) is 11.8. The van der Waals surface area contributed by atoms with Crippen LogP contribution in [0.25, 0.3) is 11.3 Å². The number of nitrogens with one attached hydrogen (secondary N) is 2. The molecule has 3 aromatic rings. The maximum absolute atomic E-state index is 12.9. The molecule has 2 aromatic carbocycles. The first-order valence-electron chi connectivity index (χ1n) is 7.77. The monoisotopic (exact) mass is 463 g/mol. The average Bonchev–Trinajstić information content (AvgIpc) is 3.11. The van der Waals surface area contributed by atoms with E-state index in [0.29, 0.717) is 11.5 Å². The molecule has 0 bridgehead atoms. The van der Waals surface area contributed by atoms with Gasteiger partial charge in [-0.3, -0.25) is 4.79 Å². The summed E-state index contributed by atoms with van der Waals surface area (Å²) in [5.41, 5.74) is 4.05. The van der Waals surface area contributed by atoms with Gasteiger partial charge in [0, 0.05) is 14.8 Å². The van der Waals surface area contributed by atoms with Crippen molar-refractivity contribution in [2.75, 3.05) is 11.9 Å². The van der Waals surface area contributed by atoms with Gasteiger partial charge in [0.25, 0.3) is 5.91 Å². The van der Waals surface area contributed by atoms with Crippen molar-refractivity contribution in [3.8, 4) is 11.3 Å². The lowest BCUT2D eigenvalue weighted by Gasteiger charge is -2.04. The van der Waals surface area contributed by atoms with Gasteiger partial charge in [0.2, 0.25) is 0 Å². The van der Waals surface area contributed by atoms with Crippen LogP contribution in [0.2, 0.25) is 0 Å². The molecule has 3 rings (SSSR count). The summed E-state index contributed by atoms with van der Waals surface area (Å²) >= 11 is 2.22. The summed E-state index contributed by atoms with van der Waals surface area (Å²) in [5.74, 6) is 0.502. The normalized spacial score (nSPS) is 10.8. The number of halogens is 2. The molecule has 1 heterocycles. The molecule has 2 N–H and O–H groups in total. The molecule has 0 spiro atoms. The predicted molar refractivity (Wildman–Crippen MR) is 107 cm³/mol. The third-order valence-electron chi connectivity index (χ3n) is 3.43. The van der Waals surface area contributed by atoms with Crippen LogP contribution in [0.15, 0.2) is 70.2 Å². The fourth-order valence-electron chi connectivity index (χ4n) is 2.15. The molecule has 0 fully saturated rings. The first-order chi connectivity index (χ1) is 12.6. The molecule has 7 heteroatoms. The highest BCUT2D eigenvalue weighted by Gasteiger charge is 2.04. The molecule has 0 saturated heterocycles. The number of rotatable bonds is 6. The van der Waals surface area contributed by atoms with E-state index in [0.717, 1.165) is 14.8 Å². The lowest BCUT2D eigenvalue weighted by atomic mass is 10.2. The van der Waals surface area contributed by atoms with E-state index < -0.39 is 0 Å². The Morgan fingerprint density at radius 3 is 2.54 bits per heavy atom. The highest BCUT2D eigenvalue weighted by atomic mass is 127. The van der Waals surface area contributed by atoms with Crippen LogP contribution in [0.3, 0.4) is 0 Å². The van der Waals surface area contributed by atoms with E-state index in [1.807, 2.05) is 24.3 Å². The molecule has 1 amide bonds. The standard InChI is InChI=1S/C19H15FIN3O2/c20-14-3-1-13(2-4-14)18-10-9-17(26-18)11-23-24-19(25)12-22-16-7-5-15(21)6-8-16/h1-11,22H,12H2,(H,24,25)/b23-11-. The zero-order valence-corrected chi connectivity index (χ0v) is 15.7. The van der Waals surface area contributed by atoms with E-state index in [4.69, 9.17) is 4.42 Å². The summed E-state index contributed by atoms with van der Waals surface area (Å²) in [7, 11) is 0. The first-order valence-corrected chi connectivity index (χ1v) is 8.85. The van der Waals surface area contributed by atoms with Gasteiger partial charge < -0.3 is 9.73 Å². The number of hydrogen-bond donors (Lipinski definition) is 2. The number of furan rings is 1. The number of amides is 1. The molecule has 0 aliphatic carbocycles. The van der Waals surface area contributed by atoms with E-state index in [9.17, 15) is 9.18 Å². The van der Waals surface area contributed by atoms with Crippen molar-refractivity contribution in [3.05, 3.63) is 75.8 Å². The molecule has 0 radical (unpaired) electrons. The molecule has 5 nitrogen and oxygen atoms in total. The van der Waals surface area contributed by atoms with Crippen LogP contribution >= 0.6 is 22.6 Å². The Bertz CT molecular complexity index is 905. The Morgan fingerprint density at radius 2 is 1.81 bits per heavy atom. The smallest absolute Gasteiger partial charge is 0.259 e. The minimum atomic E-state index is -0.302. The zero-order chi connectivity index (χ0) is 18.4. The van der Waals surface area contributed by atoms with Crippen LogP contribution in [0.5, 0.6) is 0 Å². The van der Waals surface area contributed by atoms with Gasteiger partial charge in [0.15, 0.2) is 0 Å². The van der Waals surface area contributed by atoms with Crippen molar-refractivity contribution in [2.24, 2.45) is 5.10 Å². The largest absolute Gasteiger partial charge is 0.455 e. The Balaban J connectivity index is 1.49. The van der Waals surface area contributed by atoms with Crippen molar-refractivity contribution >= 4 is 40.4 Å². The van der Waals surface area contributed by atoms with E-state index in [1.165, 1.54) is 18.3 Å². The molecule has 0 aliphatic heterocycles. The van der Waals surface area contributed by atoms with E-state index in [-0.39, 0.29) is 18.3 Å². The third kappa shape index (κ3) is 5.16. The predicted octanol–water partition coefficient (Wildman–Crippen LogP) is 4.25. The molecule has 26 heavy (non-hydrogen) atoms. The highest BCUT2D eigenvalue weighted by Crippen LogP contribution is 2.21. The van der Waals surface area contributed by atoms with Crippen LogP contribution in [-0.4, -0.2) is 18.7 Å². The van der Waals surface area contributed by atoms with Gasteiger partial charge in [-0.15, -0.1) is 0 Å². The van der Waals surface area contributed by atoms with Crippen LogP contribution < -0.4 is 10.7 Å². The second-order valence-corrected chi connectivity index (χ2v) is 6.61. The lowest BCUT2D eigenvalue weighted by molar-refractivity contribution is -0.119. The Labute approximate surface area is 163 Å². The third-order valence-corrected chi connectivity index (χ3v) is 4.15. The number of hydrazone groups is 1. The van der Waals surface area contributed by atoms with Gasteiger partial charge in [-0.2, -0.15) is 5.10 Å². The Kier molecular flexibility index (Phi) is 6.00. The van der Waals surface area contributed by atoms with Crippen molar-refractivity contribution in [3.63, 3.8) is 0 Å². The molecule has 1 aromatic heterocycles. The fourth-order valence-corrected chi connectivity index (χ4v) is 2.51. The van der Waals surface area contributed by atoms with E-state index >= 15 is 0 Å². The topological polar surface area (TPSA) is 66.6 Å². The number of nitrogens with zero attached hydrogens (tertiary/aromatic N) is 1. The first kappa shape index (κ1) is 18.1. The van der Waals surface area contributed by atoms with Gasteiger partial charge in [0.1, 0.15) is 17.3 Å². The maximum atomic E-state index is 12.9. The summed E-state index contributed by atoms with van der Waals surface area (Å²) in [6.07, 6.45) is 1.41. The van der Waals surface area contributed by atoms with Crippen molar-refractivity contribution in [1.82, 2.24) is 5.43 Å². The van der Waals surface area contributed by atoms with Crippen molar-refractivity contribution < 1.29 is 13.6 Å². The number of anilines is 1. The van der Waals surface area contributed by atoms with E-state index in [1.54, 1.807) is 24.3 Å². The van der Waals surface area contributed by atoms with Gasteiger partial charge in [-0.1, -0.05) is 0 Å². The van der Waals surface area contributed by atoms with Crippen LogP contribution in [0.1, 0.15) is 5.76 Å². The maximum Gasteiger partial charge on any atom is 0.259 e. The van der Waals surface area contributed by atoms with Gasteiger partial charge in [-0.05, 0) is 83.3 Å². The molecule has 0 unspecified atom stereocenters. The lowest BCUT2D eigenvalue weighted by Crippen LogP contribution is -2.25. The molecule has 132 valence electrons. The highest BCUT2D eigenvalue weighted by molar-refractivity contribution is 14.1. The summed E-state index contributed by atoms with van der Waals surface area (Å²) < 4.78 is 19.7. The summed E-state index contributed by atoms with van der Waals surface area (Å²) in [6.45, 7) is 0.108. The summed E-state index contributed by atoms with van der Waals surface area (Å²) in [5, 5.41) is 6.88. The van der Waals surface area contributed by atoms with E-state index in [2.05, 4.69) is 38.4 Å².